The second-order valence-electron chi connectivity index (χ2n) is 6.72. The number of aryl methyl sites for hydroxylation is 1. The van der Waals surface area contributed by atoms with Crippen molar-refractivity contribution in [2.75, 3.05) is 29.9 Å². The molecule has 7 nitrogen and oxygen atoms in total. The lowest BCUT2D eigenvalue weighted by molar-refractivity contribution is 0.250. The van der Waals surface area contributed by atoms with Crippen molar-refractivity contribution in [1.82, 2.24) is 20.7 Å². The van der Waals surface area contributed by atoms with Crippen molar-refractivity contribution in [3.63, 3.8) is 0 Å². The molecule has 1 aliphatic heterocycles. The molecule has 0 spiro atoms. The predicted molar refractivity (Wildman–Crippen MR) is 102 cm³/mol. The fraction of sp³-hybridized carbons (Fsp3) is 0.316. The number of aromatic amines is 1. The molecular formula is C19H22N6O. The van der Waals surface area contributed by atoms with E-state index in [1.807, 2.05) is 18.2 Å². The van der Waals surface area contributed by atoms with Crippen LogP contribution in [0.3, 0.4) is 0 Å². The van der Waals surface area contributed by atoms with Gasteiger partial charge in [0.25, 0.3) is 0 Å². The standard InChI is InChI=1S/C19H22N6O/c1-13-5-2-3-8-17(13)25-10-9-14(12-25)11-20-19(26)21-15-6-4-7-16-18(15)23-24-22-16/h2-8,14H,9-12H2,1H3,(H2,20,21,26)(H,22,23,24)/t14-/m1/s1. The number of rotatable bonds is 4. The third-order valence-corrected chi connectivity index (χ3v) is 4.89. The second-order valence-corrected chi connectivity index (χ2v) is 6.72. The number of benzene rings is 2. The van der Waals surface area contributed by atoms with Crippen molar-refractivity contribution in [3.05, 3.63) is 48.0 Å². The Kier molecular flexibility index (Phi) is 4.43. The van der Waals surface area contributed by atoms with Crippen LogP contribution in [0.15, 0.2) is 42.5 Å². The van der Waals surface area contributed by atoms with Crippen molar-refractivity contribution < 1.29 is 4.79 Å². The van der Waals surface area contributed by atoms with E-state index < -0.39 is 0 Å². The fourth-order valence-electron chi connectivity index (χ4n) is 3.51. The van der Waals surface area contributed by atoms with E-state index >= 15 is 0 Å². The Bertz CT molecular complexity index is 921. The summed E-state index contributed by atoms with van der Waals surface area (Å²) in [7, 11) is 0. The number of carbonyl (C=O) groups is 1. The van der Waals surface area contributed by atoms with Crippen LogP contribution in [0.5, 0.6) is 0 Å². The van der Waals surface area contributed by atoms with E-state index in [0.29, 0.717) is 23.7 Å². The molecule has 1 fully saturated rings. The Morgan fingerprint density at radius 1 is 1.23 bits per heavy atom. The SMILES string of the molecule is Cc1ccccc1N1CC[C@H](CNC(=O)Nc2cccc3n[nH]nc23)C1. The summed E-state index contributed by atoms with van der Waals surface area (Å²) in [5, 5.41) is 16.5. The average Bonchev–Trinajstić information content (AvgIpc) is 3.30. The Balaban J connectivity index is 1.31. The lowest BCUT2D eigenvalue weighted by atomic mass is 10.1. The zero-order valence-corrected chi connectivity index (χ0v) is 14.7. The Hall–Kier alpha value is -3.09. The van der Waals surface area contributed by atoms with E-state index in [1.54, 1.807) is 0 Å². The van der Waals surface area contributed by atoms with Gasteiger partial charge in [0.05, 0.1) is 5.69 Å². The smallest absolute Gasteiger partial charge is 0.319 e. The van der Waals surface area contributed by atoms with Gasteiger partial charge in [-0.15, -0.1) is 0 Å². The molecule has 1 aliphatic rings. The summed E-state index contributed by atoms with van der Waals surface area (Å²) >= 11 is 0. The molecule has 3 aromatic rings. The summed E-state index contributed by atoms with van der Waals surface area (Å²) in [6.07, 6.45) is 1.08. The molecule has 1 aromatic heterocycles. The molecule has 1 atom stereocenters. The highest BCUT2D eigenvalue weighted by molar-refractivity contribution is 5.98. The molecule has 0 unspecified atom stereocenters. The van der Waals surface area contributed by atoms with Gasteiger partial charge < -0.3 is 15.5 Å². The van der Waals surface area contributed by atoms with Crippen LogP contribution in [0.4, 0.5) is 16.2 Å². The highest BCUT2D eigenvalue weighted by Gasteiger charge is 2.24. The summed E-state index contributed by atoms with van der Waals surface area (Å²) in [5.74, 6) is 0.447. The van der Waals surface area contributed by atoms with Crippen LogP contribution in [0.25, 0.3) is 11.0 Å². The first-order chi connectivity index (χ1) is 12.7. The van der Waals surface area contributed by atoms with E-state index in [2.05, 4.69) is 62.1 Å². The number of anilines is 2. The molecule has 3 N–H and O–H groups in total. The summed E-state index contributed by atoms with van der Waals surface area (Å²) in [6, 6.07) is 13.7. The molecule has 0 bridgehead atoms. The van der Waals surface area contributed by atoms with Crippen LogP contribution in [0.2, 0.25) is 0 Å². The van der Waals surface area contributed by atoms with Crippen LogP contribution in [-0.4, -0.2) is 41.1 Å². The number of nitrogens with one attached hydrogen (secondary N) is 3. The van der Waals surface area contributed by atoms with Crippen LogP contribution < -0.4 is 15.5 Å². The van der Waals surface area contributed by atoms with Gasteiger partial charge in [0.1, 0.15) is 11.0 Å². The number of nitrogens with zero attached hydrogens (tertiary/aromatic N) is 3. The van der Waals surface area contributed by atoms with Crippen molar-refractivity contribution in [1.29, 1.82) is 0 Å². The molecule has 2 heterocycles. The van der Waals surface area contributed by atoms with Gasteiger partial charge in [-0.05, 0) is 43.0 Å². The second kappa shape index (κ2) is 7.03. The summed E-state index contributed by atoms with van der Waals surface area (Å²) in [6.45, 7) is 4.78. The van der Waals surface area contributed by atoms with E-state index in [4.69, 9.17) is 0 Å². The number of hydrogen-bond acceptors (Lipinski definition) is 4. The highest BCUT2D eigenvalue weighted by Crippen LogP contribution is 2.26. The van der Waals surface area contributed by atoms with Gasteiger partial charge in [-0.2, -0.15) is 15.4 Å². The third kappa shape index (κ3) is 3.33. The first kappa shape index (κ1) is 16.4. The molecule has 2 aromatic carbocycles. The number of H-pyrrole nitrogens is 1. The van der Waals surface area contributed by atoms with Gasteiger partial charge >= 0.3 is 6.03 Å². The minimum Gasteiger partial charge on any atom is -0.371 e. The van der Waals surface area contributed by atoms with Crippen LogP contribution in [0.1, 0.15) is 12.0 Å². The molecule has 0 radical (unpaired) electrons. The van der Waals surface area contributed by atoms with E-state index in [0.717, 1.165) is 25.0 Å². The van der Waals surface area contributed by atoms with Gasteiger partial charge in [-0.3, -0.25) is 0 Å². The molecule has 26 heavy (non-hydrogen) atoms. The molecular weight excluding hydrogens is 328 g/mol. The zero-order chi connectivity index (χ0) is 17.9. The molecule has 0 aliphatic carbocycles. The maximum absolute atomic E-state index is 12.2. The quantitative estimate of drug-likeness (QED) is 0.675. The predicted octanol–water partition coefficient (Wildman–Crippen LogP) is 2.91. The normalized spacial score (nSPS) is 16.8. The summed E-state index contributed by atoms with van der Waals surface area (Å²) in [4.78, 5) is 14.6. The number of hydrogen-bond donors (Lipinski definition) is 3. The van der Waals surface area contributed by atoms with E-state index in [-0.39, 0.29) is 6.03 Å². The maximum atomic E-state index is 12.2. The van der Waals surface area contributed by atoms with Crippen LogP contribution in [0, 0.1) is 12.8 Å². The molecule has 2 amide bonds. The van der Waals surface area contributed by atoms with Gasteiger partial charge in [0.2, 0.25) is 0 Å². The summed E-state index contributed by atoms with van der Waals surface area (Å²) in [5.41, 5.74) is 4.63. The molecule has 134 valence electrons. The third-order valence-electron chi connectivity index (χ3n) is 4.89. The maximum Gasteiger partial charge on any atom is 0.319 e. The topological polar surface area (TPSA) is 85.9 Å². The fourth-order valence-corrected chi connectivity index (χ4v) is 3.51. The monoisotopic (exact) mass is 350 g/mol. The lowest BCUT2D eigenvalue weighted by Gasteiger charge is -2.21. The average molecular weight is 350 g/mol. The lowest BCUT2D eigenvalue weighted by Crippen LogP contribution is -2.34. The molecule has 7 heteroatoms. The van der Waals surface area contributed by atoms with Gasteiger partial charge in [0.15, 0.2) is 0 Å². The Morgan fingerprint density at radius 3 is 3.00 bits per heavy atom. The minimum absolute atomic E-state index is 0.213. The Labute approximate surface area is 151 Å². The first-order valence-corrected chi connectivity index (χ1v) is 8.85. The zero-order valence-electron chi connectivity index (χ0n) is 14.7. The minimum atomic E-state index is -0.213. The van der Waals surface area contributed by atoms with Crippen molar-refractivity contribution in [2.24, 2.45) is 5.92 Å². The number of amides is 2. The summed E-state index contributed by atoms with van der Waals surface area (Å²) < 4.78 is 0. The van der Waals surface area contributed by atoms with E-state index in [9.17, 15) is 4.79 Å². The number of aromatic nitrogens is 3. The van der Waals surface area contributed by atoms with Gasteiger partial charge in [0, 0.05) is 25.3 Å². The Morgan fingerprint density at radius 2 is 2.12 bits per heavy atom. The largest absolute Gasteiger partial charge is 0.371 e. The van der Waals surface area contributed by atoms with Crippen LogP contribution in [-0.2, 0) is 0 Å². The molecule has 4 rings (SSSR count). The van der Waals surface area contributed by atoms with Gasteiger partial charge in [-0.1, -0.05) is 24.3 Å². The van der Waals surface area contributed by atoms with Crippen molar-refractivity contribution in [3.8, 4) is 0 Å². The molecule has 1 saturated heterocycles. The first-order valence-electron chi connectivity index (χ1n) is 8.85. The van der Waals surface area contributed by atoms with Crippen LogP contribution >= 0.6 is 0 Å². The number of carbonyl (C=O) groups excluding carboxylic acids is 1. The van der Waals surface area contributed by atoms with E-state index in [1.165, 1.54) is 11.3 Å². The van der Waals surface area contributed by atoms with Crippen molar-refractivity contribution >= 4 is 28.4 Å². The van der Waals surface area contributed by atoms with Crippen molar-refractivity contribution in [2.45, 2.75) is 13.3 Å². The molecule has 0 saturated carbocycles. The van der Waals surface area contributed by atoms with Gasteiger partial charge in [-0.25, -0.2) is 4.79 Å². The highest BCUT2D eigenvalue weighted by atomic mass is 16.2. The number of para-hydroxylation sites is 2. The number of fused-ring (bicyclic) bond motifs is 1. The number of urea groups is 1.